The zero-order valence-electron chi connectivity index (χ0n) is 20.7. The highest BCUT2D eigenvalue weighted by Gasteiger charge is 2.39. The summed E-state index contributed by atoms with van der Waals surface area (Å²) in [5.41, 5.74) is 4.14. The number of para-hydroxylation sites is 1. The van der Waals surface area contributed by atoms with E-state index in [9.17, 15) is 13.2 Å². The number of amides is 1. The van der Waals surface area contributed by atoms with E-state index in [1.54, 1.807) is 19.1 Å². The largest absolute Gasteiger partial charge is 0.486 e. The third-order valence-corrected chi connectivity index (χ3v) is 8.89. The molecule has 0 saturated heterocycles. The van der Waals surface area contributed by atoms with Gasteiger partial charge in [0.2, 0.25) is 15.9 Å². The number of nitrogens with zero attached hydrogens (tertiary/aromatic N) is 3. The summed E-state index contributed by atoms with van der Waals surface area (Å²) in [4.78, 5) is 20.2. The first-order valence-corrected chi connectivity index (χ1v) is 13.7. The molecule has 0 fully saturated rings. The number of hydrogen-bond donors (Lipinski definition) is 1. The minimum absolute atomic E-state index is 0.0156. The number of fused-ring (bicyclic) bond motifs is 2. The summed E-state index contributed by atoms with van der Waals surface area (Å²) in [6.07, 6.45) is 0. The van der Waals surface area contributed by atoms with Crippen LogP contribution in [0.15, 0.2) is 56.9 Å². The summed E-state index contributed by atoms with van der Waals surface area (Å²) in [7, 11) is -1.90. The van der Waals surface area contributed by atoms with Crippen LogP contribution in [0.1, 0.15) is 17.4 Å². The molecule has 3 aliphatic heterocycles. The van der Waals surface area contributed by atoms with E-state index in [1.807, 2.05) is 30.1 Å². The van der Waals surface area contributed by atoms with E-state index >= 15 is 0 Å². The first kappa shape index (κ1) is 24.0. The molecular formula is C26H28N4O6S. The van der Waals surface area contributed by atoms with Gasteiger partial charge >= 0.3 is 0 Å². The molecular weight excluding hydrogens is 496 g/mol. The number of rotatable bonds is 6. The fourth-order valence-electron chi connectivity index (χ4n) is 5.32. The Morgan fingerprint density at radius 1 is 1.05 bits per heavy atom. The number of sulfonamides is 1. The molecule has 0 radical (unpaired) electrons. The van der Waals surface area contributed by atoms with E-state index in [-0.39, 0.29) is 23.9 Å². The zero-order chi connectivity index (χ0) is 25.7. The van der Waals surface area contributed by atoms with Crippen LogP contribution in [0.5, 0.6) is 11.5 Å². The van der Waals surface area contributed by atoms with Crippen LogP contribution in [0.4, 0.5) is 0 Å². The average Bonchev–Trinajstić information content (AvgIpc) is 3.59. The number of benzene rings is 2. The highest BCUT2D eigenvalue weighted by Crippen LogP contribution is 2.36. The minimum atomic E-state index is -3.72. The molecule has 37 heavy (non-hydrogen) atoms. The second kappa shape index (κ2) is 9.16. The van der Waals surface area contributed by atoms with Crippen molar-refractivity contribution in [1.29, 1.82) is 0 Å². The molecule has 1 N–H and O–H groups in total. The van der Waals surface area contributed by atoms with Crippen molar-refractivity contribution in [2.75, 3.05) is 53.0 Å². The lowest BCUT2D eigenvalue weighted by Gasteiger charge is -2.27. The molecule has 0 saturated carbocycles. The van der Waals surface area contributed by atoms with Gasteiger partial charge in [0.15, 0.2) is 23.0 Å². The van der Waals surface area contributed by atoms with Crippen LogP contribution < -0.4 is 14.8 Å². The molecule has 1 amide bonds. The van der Waals surface area contributed by atoms with Crippen molar-refractivity contribution in [2.24, 2.45) is 0 Å². The quantitative estimate of drug-likeness (QED) is 0.488. The summed E-state index contributed by atoms with van der Waals surface area (Å²) in [6, 6.07) is 10.4. The van der Waals surface area contributed by atoms with Gasteiger partial charge in [-0.15, -0.1) is 0 Å². The number of ether oxygens (including phenoxy) is 2. The van der Waals surface area contributed by atoms with Gasteiger partial charge in [0.05, 0.1) is 10.8 Å². The molecule has 3 aliphatic rings. The Morgan fingerprint density at radius 2 is 1.78 bits per heavy atom. The van der Waals surface area contributed by atoms with Crippen LogP contribution in [-0.4, -0.2) is 81.5 Å². The zero-order valence-corrected chi connectivity index (χ0v) is 21.5. The fraction of sp³-hybridized carbons (Fsp3) is 0.385. The van der Waals surface area contributed by atoms with Gasteiger partial charge in [-0.2, -0.15) is 4.31 Å². The van der Waals surface area contributed by atoms with E-state index in [1.165, 1.54) is 10.4 Å². The van der Waals surface area contributed by atoms with Crippen LogP contribution in [0.3, 0.4) is 0 Å². The Hall–Kier alpha value is -3.41. The standard InChI is InChI=1S/C26H28N4O6S/c1-16-28-25-20(4-3-5-23(25)36-16)21(11-27-2)26(31)29-12-17-14-30(15-18(17)13-29)37(32,33)19-6-7-22-24(10-19)35-9-8-34-22/h3-7,10,21,27H,8-9,11-15H2,1-2H3. The lowest BCUT2D eigenvalue weighted by Crippen LogP contribution is -2.40. The van der Waals surface area contributed by atoms with E-state index in [2.05, 4.69) is 10.3 Å². The average molecular weight is 525 g/mol. The molecule has 6 rings (SSSR count). The van der Waals surface area contributed by atoms with Gasteiger partial charge in [-0.1, -0.05) is 12.1 Å². The van der Waals surface area contributed by atoms with Crippen molar-refractivity contribution >= 4 is 27.0 Å². The van der Waals surface area contributed by atoms with Crippen molar-refractivity contribution in [3.8, 4) is 11.5 Å². The molecule has 0 spiro atoms. The van der Waals surface area contributed by atoms with E-state index in [0.29, 0.717) is 61.3 Å². The van der Waals surface area contributed by atoms with E-state index < -0.39 is 15.9 Å². The molecule has 10 nitrogen and oxygen atoms in total. The van der Waals surface area contributed by atoms with Crippen LogP contribution in [0.2, 0.25) is 0 Å². The number of nitrogens with one attached hydrogen (secondary N) is 1. The Balaban J connectivity index is 1.18. The third kappa shape index (κ3) is 4.16. The first-order valence-electron chi connectivity index (χ1n) is 12.2. The smallest absolute Gasteiger partial charge is 0.243 e. The number of carbonyl (C=O) groups excluding carboxylic acids is 1. The summed E-state index contributed by atoms with van der Waals surface area (Å²) in [6.45, 7) is 4.44. The first-order chi connectivity index (χ1) is 17.8. The van der Waals surface area contributed by atoms with Gasteiger partial charge in [-0.3, -0.25) is 4.79 Å². The molecule has 0 aliphatic carbocycles. The summed E-state index contributed by atoms with van der Waals surface area (Å²) in [5, 5.41) is 3.13. The van der Waals surface area contributed by atoms with Gasteiger partial charge in [0.25, 0.3) is 0 Å². The van der Waals surface area contributed by atoms with Crippen molar-refractivity contribution < 1.29 is 27.1 Å². The Bertz CT molecular complexity index is 1510. The Morgan fingerprint density at radius 3 is 2.51 bits per heavy atom. The predicted molar refractivity (Wildman–Crippen MR) is 135 cm³/mol. The minimum Gasteiger partial charge on any atom is -0.486 e. The number of hydrogen-bond acceptors (Lipinski definition) is 8. The predicted octanol–water partition coefficient (Wildman–Crippen LogP) is 2.05. The number of aryl methyl sites for hydroxylation is 1. The number of carbonyl (C=O) groups is 1. The molecule has 194 valence electrons. The summed E-state index contributed by atoms with van der Waals surface area (Å²) < 4.78 is 45.0. The molecule has 1 aromatic heterocycles. The highest BCUT2D eigenvalue weighted by atomic mass is 32.2. The Labute approximate surface area is 214 Å². The van der Waals surface area contributed by atoms with Crippen LogP contribution >= 0.6 is 0 Å². The molecule has 1 unspecified atom stereocenters. The molecule has 1 atom stereocenters. The topological polar surface area (TPSA) is 114 Å². The van der Waals surface area contributed by atoms with Crippen molar-refractivity contribution in [3.05, 3.63) is 59.0 Å². The van der Waals surface area contributed by atoms with Crippen molar-refractivity contribution in [1.82, 2.24) is 19.5 Å². The monoisotopic (exact) mass is 524 g/mol. The normalized spacial score (nSPS) is 18.5. The van der Waals surface area contributed by atoms with E-state index in [4.69, 9.17) is 13.9 Å². The van der Waals surface area contributed by atoms with Crippen LogP contribution in [0, 0.1) is 6.92 Å². The van der Waals surface area contributed by atoms with Crippen molar-refractivity contribution in [3.63, 3.8) is 0 Å². The van der Waals surface area contributed by atoms with Gasteiger partial charge in [0.1, 0.15) is 18.7 Å². The highest BCUT2D eigenvalue weighted by molar-refractivity contribution is 7.89. The summed E-state index contributed by atoms with van der Waals surface area (Å²) >= 11 is 0. The van der Waals surface area contributed by atoms with Gasteiger partial charge in [-0.25, -0.2) is 13.4 Å². The Kier molecular flexibility index (Phi) is 5.93. The van der Waals surface area contributed by atoms with Gasteiger partial charge < -0.3 is 24.1 Å². The number of oxazole rings is 1. The SMILES string of the molecule is CNCC(C(=O)N1CC2=C(C1)CN(S(=O)(=O)c1ccc3c(c1)OCCO3)C2)c1cccc2oc(C)nc12. The maximum absolute atomic E-state index is 13.7. The van der Waals surface area contributed by atoms with Crippen LogP contribution in [-0.2, 0) is 14.8 Å². The second-order valence-electron chi connectivity index (χ2n) is 9.52. The lowest BCUT2D eigenvalue weighted by atomic mass is 9.96. The molecule has 4 heterocycles. The second-order valence-corrected chi connectivity index (χ2v) is 11.5. The molecule has 11 heteroatoms. The maximum Gasteiger partial charge on any atom is 0.243 e. The van der Waals surface area contributed by atoms with Crippen LogP contribution in [0.25, 0.3) is 11.1 Å². The molecule has 3 aromatic rings. The maximum atomic E-state index is 13.7. The number of likely N-dealkylation sites (N-methyl/N-ethyl adjacent to an activating group) is 1. The molecule has 0 bridgehead atoms. The fourth-order valence-corrected chi connectivity index (χ4v) is 6.77. The van der Waals surface area contributed by atoms with Gasteiger partial charge in [0, 0.05) is 45.7 Å². The van der Waals surface area contributed by atoms with E-state index in [0.717, 1.165) is 16.7 Å². The van der Waals surface area contributed by atoms with Gasteiger partial charge in [-0.05, 0) is 42.0 Å². The molecule has 2 aromatic carbocycles. The number of aromatic nitrogens is 1. The lowest BCUT2D eigenvalue weighted by molar-refractivity contribution is -0.131. The summed E-state index contributed by atoms with van der Waals surface area (Å²) in [5.74, 6) is 1.10. The van der Waals surface area contributed by atoms with Crippen molar-refractivity contribution in [2.45, 2.75) is 17.7 Å². The third-order valence-electron chi connectivity index (χ3n) is 7.10.